The molecule has 1 atom stereocenters. The van der Waals surface area contributed by atoms with E-state index in [0.29, 0.717) is 18.7 Å². The van der Waals surface area contributed by atoms with Crippen LogP contribution in [0.25, 0.3) is 0 Å². The molecule has 0 bridgehead atoms. The van der Waals surface area contributed by atoms with E-state index in [4.69, 9.17) is 9.47 Å². The monoisotopic (exact) mass is 289 g/mol. The second-order valence-electron chi connectivity index (χ2n) is 5.47. The van der Waals surface area contributed by atoms with Gasteiger partial charge in [-0.1, -0.05) is 6.58 Å². The van der Waals surface area contributed by atoms with Gasteiger partial charge in [-0.15, -0.1) is 0 Å². The zero-order valence-corrected chi connectivity index (χ0v) is 12.6. The molecule has 0 radical (unpaired) electrons. The van der Waals surface area contributed by atoms with Gasteiger partial charge in [-0.3, -0.25) is 4.79 Å². The van der Waals surface area contributed by atoms with Crippen molar-refractivity contribution in [1.29, 1.82) is 0 Å². The maximum Gasteiger partial charge on any atom is 0.251 e. The van der Waals surface area contributed by atoms with E-state index in [2.05, 4.69) is 11.9 Å². The fourth-order valence-corrected chi connectivity index (χ4v) is 2.19. The smallest absolute Gasteiger partial charge is 0.251 e. The zero-order valence-electron chi connectivity index (χ0n) is 12.6. The number of hydrogen-bond donors (Lipinski definition) is 1. The highest BCUT2D eigenvalue weighted by Gasteiger charge is 2.15. The molecule has 1 aliphatic heterocycles. The molecule has 4 nitrogen and oxygen atoms in total. The van der Waals surface area contributed by atoms with Crippen LogP contribution in [0.5, 0.6) is 5.75 Å². The van der Waals surface area contributed by atoms with Crippen LogP contribution in [0.4, 0.5) is 0 Å². The van der Waals surface area contributed by atoms with E-state index in [9.17, 15) is 4.79 Å². The fraction of sp³-hybridized carbons (Fsp3) is 0.471. The lowest BCUT2D eigenvalue weighted by Crippen LogP contribution is -2.35. The number of ether oxygens (including phenoxy) is 2. The van der Waals surface area contributed by atoms with Gasteiger partial charge in [-0.2, -0.15) is 0 Å². The number of nitrogens with one attached hydrogen (secondary N) is 1. The maximum atomic E-state index is 12.0. The molecule has 1 N–H and O–H groups in total. The van der Waals surface area contributed by atoms with Gasteiger partial charge in [0.2, 0.25) is 0 Å². The molecule has 4 heteroatoms. The van der Waals surface area contributed by atoms with Crippen molar-refractivity contribution < 1.29 is 14.3 Å². The largest absolute Gasteiger partial charge is 0.489 e. The second-order valence-corrected chi connectivity index (χ2v) is 5.47. The molecule has 21 heavy (non-hydrogen) atoms. The lowest BCUT2D eigenvalue weighted by Gasteiger charge is -2.22. The second kappa shape index (κ2) is 7.84. The van der Waals surface area contributed by atoms with Crippen LogP contribution in [0.2, 0.25) is 0 Å². The number of rotatable bonds is 6. The molecular formula is C17H23NO3. The number of benzene rings is 1. The van der Waals surface area contributed by atoms with Crippen LogP contribution >= 0.6 is 0 Å². The first kappa shape index (κ1) is 15.6. The maximum absolute atomic E-state index is 12.0. The Kier molecular flexibility index (Phi) is 5.81. The summed E-state index contributed by atoms with van der Waals surface area (Å²) in [4.78, 5) is 12.0. The first-order valence-electron chi connectivity index (χ1n) is 7.42. The molecule has 1 aromatic carbocycles. The molecule has 0 unspecified atom stereocenters. The highest BCUT2D eigenvalue weighted by Crippen LogP contribution is 2.14. The van der Waals surface area contributed by atoms with Gasteiger partial charge in [0.15, 0.2) is 0 Å². The van der Waals surface area contributed by atoms with Crippen molar-refractivity contribution >= 4 is 5.91 Å². The summed E-state index contributed by atoms with van der Waals surface area (Å²) in [6, 6.07) is 7.14. The SMILES string of the molecule is C=C(C)COc1ccc(C(=O)NC[C@H]2CCCCO2)cc1. The van der Waals surface area contributed by atoms with Gasteiger partial charge in [-0.25, -0.2) is 0 Å². The number of hydrogen-bond acceptors (Lipinski definition) is 3. The van der Waals surface area contributed by atoms with Gasteiger partial charge < -0.3 is 14.8 Å². The quantitative estimate of drug-likeness (QED) is 0.819. The third-order valence-electron chi connectivity index (χ3n) is 3.37. The highest BCUT2D eigenvalue weighted by molar-refractivity contribution is 5.94. The van der Waals surface area contributed by atoms with Crippen molar-refractivity contribution in [2.45, 2.75) is 32.3 Å². The Bertz CT molecular complexity index is 475. The average Bonchev–Trinajstić information content (AvgIpc) is 2.52. The van der Waals surface area contributed by atoms with E-state index >= 15 is 0 Å². The van der Waals surface area contributed by atoms with Crippen molar-refractivity contribution in [3.63, 3.8) is 0 Å². The molecule has 0 aliphatic carbocycles. The van der Waals surface area contributed by atoms with Crippen LogP contribution in [0.15, 0.2) is 36.4 Å². The van der Waals surface area contributed by atoms with E-state index in [1.54, 1.807) is 24.3 Å². The number of carbonyl (C=O) groups excluding carboxylic acids is 1. The van der Waals surface area contributed by atoms with Gasteiger partial charge in [-0.05, 0) is 56.0 Å². The topological polar surface area (TPSA) is 47.6 Å². The van der Waals surface area contributed by atoms with Crippen LogP contribution in [0.1, 0.15) is 36.5 Å². The lowest BCUT2D eigenvalue weighted by molar-refractivity contribution is 0.0169. The van der Waals surface area contributed by atoms with Crippen molar-refractivity contribution in [1.82, 2.24) is 5.32 Å². The summed E-state index contributed by atoms with van der Waals surface area (Å²) >= 11 is 0. The Hall–Kier alpha value is -1.81. The molecule has 0 saturated carbocycles. The minimum atomic E-state index is -0.0735. The molecule has 1 fully saturated rings. The minimum Gasteiger partial charge on any atom is -0.489 e. The average molecular weight is 289 g/mol. The summed E-state index contributed by atoms with van der Waals surface area (Å²) < 4.78 is 11.1. The molecule has 1 heterocycles. The van der Waals surface area contributed by atoms with Gasteiger partial charge in [0.05, 0.1) is 6.10 Å². The summed E-state index contributed by atoms with van der Waals surface area (Å²) in [6.45, 7) is 7.56. The molecule has 0 spiro atoms. The molecule has 114 valence electrons. The van der Waals surface area contributed by atoms with Gasteiger partial charge in [0.25, 0.3) is 5.91 Å². The van der Waals surface area contributed by atoms with Crippen LogP contribution in [-0.2, 0) is 4.74 Å². The molecule has 1 aromatic rings. The van der Waals surface area contributed by atoms with Crippen LogP contribution < -0.4 is 10.1 Å². The molecule has 0 aromatic heterocycles. The summed E-state index contributed by atoms with van der Waals surface area (Å²) in [7, 11) is 0. The van der Waals surface area contributed by atoms with Crippen molar-refractivity contribution in [2.24, 2.45) is 0 Å². The Labute approximate surface area is 126 Å². The van der Waals surface area contributed by atoms with Crippen molar-refractivity contribution in [3.8, 4) is 5.75 Å². The first-order chi connectivity index (χ1) is 10.1. The van der Waals surface area contributed by atoms with Gasteiger partial charge in [0, 0.05) is 18.7 Å². The predicted octanol–water partition coefficient (Wildman–Crippen LogP) is 2.94. The summed E-state index contributed by atoms with van der Waals surface area (Å²) in [5.41, 5.74) is 1.60. The third-order valence-corrected chi connectivity index (χ3v) is 3.37. The third kappa shape index (κ3) is 5.23. The van der Waals surface area contributed by atoms with E-state index in [1.165, 1.54) is 6.42 Å². The summed E-state index contributed by atoms with van der Waals surface area (Å²) in [6.07, 6.45) is 3.47. The summed E-state index contributed by atoms with van der Waals surface area (Å²) in [5, 5.41) is 2.92. The molecule has 1 saturated heterocycles. The zero-order chi connectivity index (χ0) is 15.1. The van der Waals surface area contributed by atoms with Gasteiger partial charge in [0.1, 0.15) is 12.4 Å². The van der Waals surface area contributed by atoms with Crippen molar-refractivity contribution in [2.75, 3.05) is 19.8 Å². The normalized spacial score (nSPS) is 18.0. The Morgan fingerprint density at radius 1 is 1.38 bits per heavy atom. The van der Waals surface area contributed by atoms with Crippen LogP contribution in [-0.4, -0.2) is 31.8 Å². The fourth-order valence-electron chi connectivity index (χ4n) is 2.19. The van der Waals surface area contributed by atoms with E-state index in [1.807, 2.05) is 6.92 Å². The molecule has 2 rings (SSSR count). The van der Waals surface area contributed by atoms with E-state index < -0.39 is 0 Å². The van der Waals surface area contributed by atoms with Crippen LogP contribution in [0, 0.1) is 0 Å². The molecule has 1 aliphatic rings. The Morgan fingerprint density at radius 2 is 2.14 bits per heavy atom. The van der Waals surface area contributed by atoms with Crippen LogP contribution in [0.3, 0.4) is 0 Å². The standard InChI is InChI=1S/C17H23NO3/c1-13(2)12-21-15-8-6-14(7-9-15)17(19)18-11-16-5-3-4-10-20-16/h6-9,16H,1,3-5,10-12H2,2H3,(H,18,19)/t16-/m1/s1. The predicted molar refractivity (Wildman–Crippen MR) is 82.7 cm³/mol. The Balaban J connectivity index is 1.80. The molecule has 1 amide bonds. The lowest BCUT2D eigenvalue weighted by atomic mass is 10.1. The van der Waals surface area contributed by atoms with E-state index in [0.717, 1.165) is 30.8 Å². The van der Waals surface area contributed by atoms with Gasteiger partial charge >= 0.3 is 0 Å². The minimum absolute atomic E-state index is 0.0735. The van der Waals surface area contributed by atoms with Crippen molar-refractivity contribution in [3.05, 3.63) is 42.0 Å². The highest BCUT2D eigenvalue weighted by atomic mass is 16.5. The molecular weight excluding hydrogens is 266 g/mol. The number of carbonyl (C=O) groups is 1. The number of amides is 1. The van der Waals surface area contributed by atoms with E-state index in [-0.39, 0.29) is 12.0 Å². The Morgan fingerprint density at radius 3 is 2.76 bits per heavy atom. The summed E-state index contributed by atoms with van der Waals surface area (Å²) in [5.74, 6) is 0.667. The first-order valence-corrected chi connectivity index (χ1v) is 7.42.